The second-order valence-electron chi connectivity index (χ2n) is 11.2. The van der Waals surface area contributed by atoms with E-state index in [-0.39, 0.29) is 30.3 Å². The van der Waals surface area contributed by atoms with Gasteiger partial charge in [-0.05, 0) is 47.1 Å². The Kier molecular flexibility index (Phi) is 7.40. The standard InChI is InChI=1S/C27H39NO9/c1-14-19-21(36-26(4,5)34-19)18(28-16(3)29)24(31-14)33-23-22-20(35-27(6,7)37-22)15(2)32-25(23)30-13-17-11-9-8-10-12-17/h8-12,14-15,18-25H,13H2,1-7H3,(H,28,29)/t14-,15-,18-,19+,20+,21-,22+,23-,24-,25+/m0/s1. The van der Waals surface area contributed by atoms with Crippen LogP contribution in [0.4, 0.5) is 0 Å². The van der Waals surface area contributed by atoms with Crippen LogP contribution in [0.3, 0.4) is 0 Å². The molecule has 0 radical (unpaired) electrons. The van der Waals surface area contributed by atoms with Crippen LogP contribution in [0.5, 0.6) is 0 Å². The molecule has 1 amide bonds. The second-order valence-corrected chi connectivity index (χ2v) is 11.2. The van der Waals surface area contributed by atoms with Crippen molar-refractivity contribution in [3.05, 3.63) is 35.9 Å². The van der Waals surface area contributed by atoms with E-state index < -0.39 is 48.5 Å². The molecule has 10 atom stereocenters. The second kappa shape index (κ2) is 10.2. The zero-order valence-electron chi connectivity index (χ0n) is 22.5. The van der Waals surface area contributed by atoms with Crippen molar-refractivity contribution in [1.29, 1.82) is 0 Å². The first-order chi connectivity index (χ1) is 17.4. The van der Waals surface area contributed by atoms with E-state index in [1.165, 1.54) is 6.92 Å². The van der Waals surface area contributed by atoms with Gasteiger partial charge in [0.15, 0.2) is 24.2 Å². The average Bonchev–Trinajstić information content (AvgIpc) is 3.33. The number of benzene rings is 1. The van der Waals surface area contributed by atoms with Crippen LogP contribution in [0.25, 0.3) is 0 Å². The van der Waals surface area contributed by atoms with Gasteiger partial charge < -0.3 is 43.2 Å². The van der Waals surface area contributed by atoms with E-state index in [9.17, 15) is 4.79 Å². The van der Waals surface area contributed by atoms with Crippen molar-refractivity contribution in [2.24, 2.45) is 0 Å². The lowest BCUT2D eigenvalue weighted by atomic mass is 9.96. The smallest absolute Gasteiger partial charge is 0.217 e. The molecule has 0 saturated carbocycles. The van der Waals surface area contributed by atoms with Crippen LogP contribution in [0.15, 0.2) is 30.3 Å². The number of amides is 1. The summed E-state index contributed by atoms with van der Waals surface area (Å²) in [6, 6.07) is 9.23. The molecule has 4 aliphatic heterocycles. The highest BCUT2D eigenvalue weighted by Gasteiger charge is 2.59. The van der Waals surface area contributed by atoms with Crippen molar-refractivity contribution in [3.63, 3.8) is 0 Å². The van der Waals surface area contributed by atoms with Crippen molar-refractivity contribution in [3.8, 4) is 0 Å². The van der Waals surface area contributed by atoms with E-state index >= 15 is 0 Å². The predicted octanol–water partition coefficient (Wildman–Crippen LogP) is 2.62. The van der Waals surface area contributed by atoms with Crippen LogP contribution in [0.1, 0.15) is 54.0 Å². The minimum Gasteiger partial charge on any atom is -0.346 e. The minimum atomic E-state index is -0.865. The topological polar surface area (TPSA) is 103 Å². The molecule has 4 heterocycles. The molecule has 0 spiro atoms. The normalized spacial score (nSPS) is 42.1. The van der Waals surface area contributed by atoms with Crippen molar-refractivity contribution >= 4 is 5.91 Å². The number of hydrogen-bond acceptors (Lipinski definition) is 9. The first kappa shape index (κ1) is 27.0. The number of rotatable bonds is 6. The van der Waals surface area contributed by atoms with E-state index in [0.29, 0.717) is 6.61 Å². The average molecular weight is 522 g/mol. The number of fused-ring (bicyclic) bond motifs is 2. The summed E-state index contributed by atoms with van der Waals surface area (Å²) in [5.41, 5.74) is 1.00. The molecule has 0 bridgehead atoms. The predicted molar refractivity (Wildman–Crippen MR) is 130 cm³/mol. The molecule has 0 unspecified atom stereocenters. The quantitative estimate of drug-likeness (QED) is 0.605. The van der Waals surface area contributed by atoms with Crippen molar-refractivity contribution in [1.82, 2.24) is 5.32 Å². The lowest BCUT2D eigenvalue weighted by Crippen LogP contribution is -2.65. The molecule has 37 heavy (non-hydrogen) atoms. The van der Waals surface area contributed by atoms with Crippen molar-refractivity contribution < 1.29 is 42.7 Å². The molecular formula is C27H39NO9. The Morgan fingerprint density at radius 2 is 1.38 bits per heavy atom. The Labute approximate surface area is 218 Å². The Morgan fingerprint density at radius 1 is 0.838 bits per heavy atom. The van der Waals surface area contributed by atoms with Crippen molar-refractivity contribution in [2.75, 3.05) is 0 Å². The molecule has 10 nitrogen and oxygen atoms in total. The Hall–Kier alpha value is -1.63. The molecule has 1 N–H and O–H groups in total. The monoisotopic (exact) mass is 521 g/mol. The Bertz CT molecular complexity index is 956. The summed E-state index contributed by atoms with van der Waals surface area (Å²) in [6.07, 6.45) is -4.64. The molecule has 0 aliphatic carbocycles. The van der Waals surface area contributed by atoms with Crippen LogP contribution in [-0.2, 0) is 49.3 Å². The third-order valence-electron chi connectivity index (χ3n) is 7.11. The van der Waals surface area contributed by atoms with E-state index in [0.717, 1.165) is 5.56 Å². The van der Waals surface area contributed by atoms with E-state index in [4.69, 9.17) is 37.9 Å². The SMILES string of the molecule is CC(=O)N[C@@H]1[C@H](O[C@@H]2[C@H](OCc3ccccc3)O[C@@H](C)[C@H]3OC(C)(C)O[C@@H]23)O[C@@H](C)[C@H]2OC(C)(C)O[C@@H]12. The highest BCUT2D eigenvalue weighted by Crippen LogP contribution is 2.42. The van der Waals surface area contributed by atoms with Gasteiger partial charge in [0.1, 0.15) is 36.6 Å². The summed E-state index contributed by atoms with van der Waals surface area (Å²) in [7, 11) is 0. The number of carbonyl (C=O) groups excluding carboxylic acids is 1. The zero-order valence-corrected chi connectivity index (χ0v) is 22.5. The maximum atomic E-state index is 12.2. The van der Waals surface area contributed by atoms with Crippen LogP contribution in [0, 0.1) is 0 Å². The van der Waals surface area contributed by atoms with Gasteiger partial charge in [-0.3, -0.25) is 4.79 Å². The molecule has 206 valence electrons. The van der Waals surface area contributed by atoms with Crippen LogP contribution >= 0.6 is 0 Å². The fraction of sp³-hybridized carbons (Fsp3) is 0.741. The highest BCUT2D eigenvalue weighted by molar-refractivity contribution is 5.73. The fourth-order valence-electron chi connectivity index (χ4n) is 5.63. The van der Waals surface area contributed by atoms with Gasteiger partial charge in [-0.2, -0.15) is 0 Å². The number of hydrogen-bond donors (Lipinski definition) is 1. The van der Waals surface area contributed by atoms with Gasteiger partial charge in [0.2, 0.25) is 5.91 Å². The Morgan fingerprint density at radius 3 is 2.00 bits per heavy atom. The van der Waals surface area contributed by atoms with Crippen LogP contribution in [0.2, 0.25) is 0 Å². The molecule has 10 heteroatoms. The molecule has 1 aromatic carbocycles. The maximum Gasteiger partial charge on any atom is 0.217 e. The highest BCUT2D eigenvalue weighted by atomic mass is 16.8. The van der Waals surface area contributed by atoms with Gasteiger partial charge in [-0.15, -0.1) is 0 Å². The van der Waals surface area contributed by atoms with Gasteiger partial charge in [-0.25, -0.2) is 0 Å². The molecule has 4 aliphatic rings. The third-order valence-corrected chi connectivity index (χ3v) is 7.11. The molecule has 0 aromatic heterocycles. The lowest BCUT2D eigenvalue weighted by Gasteiger charge is -2.46. The summed E-state index contributed by atoms with van der Waals surface area (Å²) in [4.78, 5) is 12.2. The Balaban J connectivity index is 1.41. The van der Waals surface area contributed by atoms with Gasteiger partial charge in [-0.1, -0.05) is 30.3 Å². The van der Waals surface area contributed by atoms with E-state index in [2.05, 4.69) is 5.32 Å². The molecule has 5 rings (SSSR count). The summed E-state index contributed by atoms with van der Waals surface area (Å²) in [6.45, 7) is 13.0. The summed E-state index contributed by atoms with van der Waals surface area (Å²) in [5, 5.41) is 2.96. The third kappa shape index (κ3) is 5.72. The molecule has 4 fully saturated rings. The first-order valence-corrected chi connectivity index (χ1v) is 13.0. The summed E-state index contributed by atoms with van der Waals surface area (Å²) < 4.78 is 50.2. The molecule has 1 aromatic rings. The van der Waals surface area contributed by atoms with Crippen molar-refractivity contribution in [2.45, 2.75) is 128 Å². The molecule has 4 saturated heterocycles. The minimum absolute atomic E-state index is 0.228. The number of carbonyl (C=O) groups is 1. The van der Waals surface area contributed by atoms with Gasteiger partial charge in [0.05, 0.1) is 18.8 Å². The van der Waals surface area contributed by atoms with Crippen LogP contribution < -0.4 is 5.32 Å². The van der Waals surface area contributed by atoms with Gasteiger partial charge in [0, 0.05) is 6.92 Å². The summed E-state index contributed by atoms with van der Waals surface area (Å²) >= 11 is 0. The molecular weight excluding hydrogens is 482 g/mol. The lowest BCUT2D eigenvalue weighted by molar-refractivity contribution is -0.336. The largest absolute Gasteiger partial charge is 0.346 e. The maximum absolute atomic E-state index is 12.2. The first-order valence-electron chi connectivity index (χ1n) is 13.0. The zero-order chi connectivity index (χ0) is 26.5. The number of nitrogens with one attached hydrogen (secondary N) is 1. The fourth-order valence-corrected chi connectivity index (χ4v) is 5.63. The summed E-state index contributed by atoms with van der Waals surface area (Å²) in [5.74, 6) is -1.87. The number of ether oxygens (including phenoxy) is 8. The van der Waals surface area contributed by atoms with Gasteiger partial charge in [0.25, 0.3) is 0 Å². The van der Waals surface area contributed by atoms with E-state index in [1.54, 1.807) is 0 Å². The van der Waals surface area contributed by atoms with Crippen LogP contribution in [-0.4, -0.2) is 78.8 Å². The van der Waals surface area contributed by atoms with Gasteiger partial charge >= 0.3 is 0 Å². The van der Waals surface area contributed by atoms with E-state index in [1.807, 2.05) is 71.9 Å².